The van der Waals surface area contributed by atoms with Gasteiger partial charge < -0.3 is 14.6 Å². The molecule has 0 bridgehead atoms. The second kappa shape index (κ2) is 6.37. The molecule has 0 saturated carbocycles. The van der Waals surface area contributed by atoms with E-state index < -0.39 is 0 Å². The number of hydrogen-bond donors (Lipinski definition) is 1. The number of aromatic nitrogens is 1. The maximum absolute atomic E-state index is 8.81. The third-order valence-corrected chi connectivity index (χ3v) is 3.24. The van der Waals surface area contributed by atoms with Crippen molar-refractivity contribution in [1.29, 1.82) is 0 Å². The molecule has 5 heteroatoms. The molecule has 0 aliphatic carbocycles. The maximum Gasteiger partial charge on any atom is 0.140 e. The predicted molar refractivity (Wildman–Crippen MR) is 70.2 cm³/mol. The highest BCUT2D eigenvalue weighted by Crippen LogP contribution is 2.20. The minimum absolute atomic E-state index is 0.125. The molecular formula is C13H15NO3S. The molecule has 18 heavy (non-hydrogen) atoms. The molecule has 2 aromatic rings. The van der Waals surface area contributed by atoms with E-state index in [2.05, 4.69) is 4.98 Å². The molecule has 1 aromatic heterocycles. The molecule has 0 fully saturated rings. The lowest BCUT2D eigenvalue weighted by Crippen LogP contribution is -1.96. The predicted octanol–water partition coefficient (Wildman–Crippen LogP) is 2.27. The van der Waals surface area contributed by atoms with Crippen molar-refractivity contribution in [3.8, 4) is 11.5 Å². The summed E-state index contributed by atoms with van der Waals surface area (Å²) in [6, 6.07) is 7.47. The van der Waals surface area contributed by atoms with Crippen LogP contribution in [0.5, 0.6) is 11.5 Å². The summed E-state index contributed by atoms with van der Waals surface area (Å²) < 4.78 is 10.8. The molecule has 0 aliphatic heterocycles. The Morgan fingerprint density at radius 1 is 1.33 bits per heavy atom. The molecule has 2 rings (SSSR count). The minimum Gasteiger partial charge on any atom is -0.497 e. The lowest BCUT2D eigenvalue weighted by Gasteiger charge is -2.05. The van der Waals surface area contributed by atoms with E-state index in [0.717, 1.165) is 22.2 Å². The van der Waals surface area contributed by atoms with Gasteiger partial charge >= 0.3 is 0 Å². The average molecular weight is 265 g/mol. The Balaban J connectivity index is 1.93. The average Bonchev–Trinajstić information content (AvgIpc) is 2.85. The largest absolute Gasteiger partial charge is 0.497 e. The summed E-state index contributed by atoms with van der Waals surface area (Å²) in [5.74, 6) is 1.53. The van der Waals surface area contributed by atoms with Gasteiger partial charge in [0.2, 0.25) is 0 Å². The summed E-state index contributed by atoms with van der Waals surface area (Å²) in [4.78, 5) is 4.36. The van der Waals surface area contributed by atoms with Crippen LogP contribution in [-0.4, -0.2) is 23.8 Å². The first kappa shape index (κ1) is 12.9. The van der Waals surface area contributed by atoms with Crippen molar-refractivity contribution in [3.05, 3.63) is 40.3 Å². The van der Waals surface area contributed by atoms with Crippen molar-refractivity contribution >= 4 is 11.3 Å². The molecule has 0 aliphatic rings. The Bertz CT molecular complexity index is 498. The van der Waals surface area contributed by atoms with E-state index in [1.54, 1.807) is 18.4 Å². The van der Waals surface area contributed by atoms with Crippen molar-refractivity contribution in [1.82, 2.24) is 4.98 Å². The smallest absolute Gasteiger partial charge is 0.140 e. The van der Waals surface area contributed by atoms with Gasteiger partial charge in [-0.1, -0.05) is 6.07 Å². The van der Waals surface area contributed by atoms with Crippen LogP contribution in [0.3, 0.4) is 0 Å². The molecular weight excluding hydrogens is 250 g/mol. The standard InChI is InChI=1S/C13H15NO3S/c1-16-11-3-2-4-12(7-11)17-8-13-14-10(5-6-15)9-18-13/h2-4,7,9,15H,5-6,8H2,1H3. The van der Waals surface area contributed by atoms with Crippen molar-refractivity contribution in [2.75, 3.05) is 13.7 Å². The molecule has 96 valence electrons. The van der Waals surface area contributed by atoms with Crippen LogP contribution in [0.1, 0.15) is 10.7 Å². The molecule has 0 saturated heterocycles. The number of aliphatic hydroxyl groups is 1. The van der Waals surface area contributed by atoms with Gasteiger partial charge in [-0.25, -0.2) is 4.98 Å². The first-order valence-corrected chi connectivity index (χ1v) is 6.51. The Morgan fingerprint density at radius 3 is 2.94 bits per heavy atom. The van der Waals surface area contributed by atoms with E-state index in [4.69, 9.17) is 14.6 Å². The first-order chi connectivity index (χ1) is 8.81. The van der Waals surface area contributed by atoms with Gasteiger partial charge in [0.05, 0.1) is 12.8 Å². The SMILES string of the molecule is COc1cccc(OCc2nc(CCO)cs2)c1. The van der Waals surface area contributed by atoms with Crippen LogP contribution in [0.4, 0.5) is 0 Å². The maximum atomic E-state index is 8.81. The van der Waals surface area contributed by atoms with Gasteiger partial charge in [-0.05, 0) is 12.1 Å². The second-order valence-corrected chi connectivity index (χ2v) is 4.62. The highest BCUT2D eigenvalue weighted by molar-refractivity contribution is 7.09. The zero-order valence-corrected chi connectivity index (χ0v) is 10.9. The van der Waals surface area contributed by atoms with Crippen LogP contribution in [0.25, 0.3) is 0 Å². The summed E-state index contributed by atoms with van der Waals surface area (Å²) in [6.45, 7) is 0.559. The van der Waals surface area contributed by atoms with Crippen molar-refractivity contribution in [2.24, 2.45) is 0 Å². The minimum atomic E-state index is 0.125. The lowest BCUT2D eigenvalue weighted by molar-refractivity contribution is 0.295. The van der Waals surface area contributed by atoms with Crippen molar-refractivity contribution < 1.29 is 14.6 Å². The van der Waals surface area contributed by atoms with E-state index in [1.165, 1.54) is 0 Å². The van der Waals surface area contributed by atoms with Crippen molar-refractivity contribution in [2.45, 2.75) is 13.0 Å². The summed E-state index contributed by atoms with van der Waals surface area (Å²) in [6.07, 6.45) is 0.593. The summed E-state index contributed by atoms with van der Waals surface area (Å²) in [5.41, 5.74) is 0.909. The van der Waals surface area contributed by atoms with E-state index in [-0.39, 0.29) is 6.61 Å². The van der Waals surface area contributed by atoms with Gasteiger partial charge in [-0.15, -0.1) is 11.3 Å². The summed E-state index contributed by atoms with van der Waals surface area (Å²) in [5, 5.41) is 11.7. The van der Waals surface area contributed by atoms with Gasteiger partial charge in [0, 0.05) is 24.5 Å². The van der Waals surface area contributed by atoms with Gasteiger partial charge in [0.25, 0.3) is 0 Å². The Labute approximate surface area is 110 Å². The second-order valence-electron chi connectivity index (χ2n) is 3.67. The molecule has 1 aromatic carbocycles. The number of aliphatic hydroxyl groups excluding tert-OH is 1. The van der Waals surface area contributed by atoms with E-state index >= 15 is 0 Å². The molecule has 0 spiro atoms. The van der Waals surface area contributed by atoms with Crippen LogP contribution in [0.15, 0.2) is 29.6 Å². The molecule has 1 heterocycles. The monoisotopic (exact) mass is 265 g/mol. The molecule has 0 atom stereocenters. The number of rotatable bonds is 6. The van der Waals surface area contributed by atoms with Crippen LogP contribution in [-0.2, 0) is 13.0 Å². The van der Waals surface area contributed by atoms with Gasteiger partial charge in [-0.2, -0.15) is 0 Å². The molecule has 0 radical (unpaired) electrons. The fraction of sp³-hybridized carbons (Fsp3) is 0.308. The Morgan fingerprint density at radius 2 is 2.17 bits per heavy atom. The number of ether oxygens (including phenoxy) is 2. The number of nitrogens with zero attached hydrogens (tertiary/aromatic N) is 1. The highest BCUT2D eigenvalue weighted by atomic mass is 32.1. The highest BCUT2D eigenvalue weighted by Gasteiger charge is 2.03. The Hall–Kier alpha value is -1.59. The quantitative estimate of drug-likeness (QED) is 0.870. The van der Waals surface area contributed by atoms with E-state index in [9.17, 15) is 0 Å². The van der Waals surface area contributed by atoms with Gasteiger partial charge in [0.1, 0.15) is 23.1 Å². The normalized spacial score (nSPS) is 10.3. The number of thiazole rings is 1. The fourth-order valence-corrected chi connectivity index (χ4v) is 2.22. The zero-order valence-electron chi connectivity index (χ0n) is 10.1. The summed E-state index contributed by atoms with van der Waals surface area (Å²) in [7, 11) is 1.63. The van der Waals surface area contributed by atoms with Crippen LogP contribution < -0.4 is 9.47 Å². The number of benzene rings is 1. The third kappa shape index (κ3) is 3.45. The molecule has 1 N–H and O–H groups in total. The first-order valence-electron chi connectivity index (χ1n) is 5.63. The van der Waals surface area contributed by atoms with Crippen LogP contribution >= 0.6 is 11.3 Å². The summed E-state index contributed by atoms with van der Waals surface area (Å²) >= 11 is 1.54. The van der Waals surface area contributed by atoms with Crippen molar-refractivity contribution in [3.63, 3.8) is 0 Å². The van der Waals surface area contributed by atoms with Crippen LogP contribution in [0.2, 0.25) is 0 Å². The number of hydrogen-bond acceptors (Lipinski definition) is 5. The number of methoxy groups -OCH3 is 1. The van der Waals surface area contributed by atoms with E-state index in [0.29, 0.717) is 13.0 Å². The molecule has 4 nitrogen and oxygen atoms in total. The fourth-order valence-electron chi connectivity index (χ4n) is 1.48. The molecule has 0 amide bonds. The third-order valence-electron chi connectivity index (χ3n) is 2.37. The van der Waals surface area contributed by atoms with Crippen LogP contribution in [0, 0.1) is 0 Å². The lowest BCUT2D eigenvalue weighted by atomic mass is 10.3. The molecule has 0 unspecified atom stereocenters. The van der Waals surface area contributed by atoms with Gasteiger partial charge in [-0.3, -0.25) is 0 Å². The zero-order chi connectivity index (χ0) is 12.8. The van der Waals surface area contributed by atoms with E-state index in [1.807, 2.05) is 29.6 Å². The topological polar surface area (TPSA) is 51.6 Å². The van der Waals surface area contributed by atoms with Gasteiger partial charge in [0.15, 0.2) is 0 Å². The Kier molecular flexibility index (Phi) is 4.55.